The number of piperidine rings is 1. The molecule has 2 unspecified atom stereocenters. The fraction of sp³-hybridized carbons (Fsp3) is 0.579. The second-order valence-electron chi connectivity index (χ2n) is 6.86. The lowest BCUT2D eigenvalue weighted by Gasteiger charge is -2.41. The zero-order chi connectivity index (χ0) is 19.2. The molecule has 2 aliphatic rings. The summed E-state index contributed by atoms with van der Waals surface area (Å²) in [6, 6.07) is 7.49. The van der Waals surface area contributed by atoms with Crippen LogP contribution in [0.15, 0.2) is 24.3 Å². The van der Waals surface area contributed by atoms with E-state index in [2.05, 4.69) is 11.1 Å². The van der Waals surface area contributed by atoms with Crippen LogP contribution in [0.4, 0.5) is 0 Å². The number of aliphatic hydroxyl groups excluding tert-OH is 1. The van der Waals surface area contributed by atoms with Gasteiger partial charge in [0.1, 0.15) is 6.61 Å². The van der Waals surface area contributed by atoms with E-state index in [-0.39, 0.29) is 18.8 Å². The summed E-state index contributed by atoms with van der Waals surface area (Å²) in [7, 11) is 0. The minimum Gasteiger partial charge on any atom is -0.486 e. The SMILES string of the molecule is CSC(=N)N(C#N)CC1CCN(C(CO)C2COc3ccccc3O2)CC1. The summed E-state index contributed by atoms with van der Waals surface area (Å²) in [5, 5.41) is 27.3. The van der Waals surface area contributed by atoms with Crippen molar-refractivity contribution in [3.63, 3.8) is 0 Å². The van der Waals surface area contributed by atoms with E-state index >= 15 is 0 Å². The second kappa shape index (κ2) is 9.31. The van der Waals surface area contributed by atoms with E-state index in [4.69, 9.17) is 14.9 Å². The van der Waals surface area contributed by atoms with Gasteiger partial charge in [0.25, 0.3) is 0 Å². The number of para-hydroxylation sites is 2. The lowest BCUT2D eigenvalue weighted by Crippen LogP contribution is -2.54. The van der Waals surface area contributed by atoms with Gasteiger partial charge in [0, 0.05) is 6.54 Å². The Morgan fingerprint density at radius 3 is 2.74 bits per heavy atom. The number of hydrogen-bond acceptors (Lipinski definition) is 7. The highest BCUT2D eigenvalue weighted by molar-refractivity contribution is 8.13. The molecule has 0 amide bonds. The first-order valence-electron chi connectivity index (χ1n) is 9.19. The first-order chi connectivity index (χ1) is 13.2. The molecule has 0 spiro atoms. The van der Waals surface area contributed by atoms with Crippen molar-refractivity contribution in [1.29, 1.82) is 10.7 Å². The molecule has 1 aromatic carbocycles. The van der Waals surface area contributed by atoms with Gasteiger partial charge >= 0.3 is 0 Å². The summed E-state index contributed by atoms with van der Waals surface area (Å²) in [5.74, 6) is 1.84. The van der Waals surface area contributed by atoms with Gasteiger partial charge < -0.3 is 14.6 Å². The normalized spacial score (nSPS) is 21.3. The molecule has 3 rings (SSSR count). The van der Waals surface area contributed by atoms with Gasteiger partial charge in [0.15, 0.2) is 29.0 Å². The summed E-state index contributed by atoms with van der Waals surface area (Å²) in [6.45, 7) is 2.70. The number of likely N-dealkylation sites (tertiary alicyclic amines) is 1. The monoisotopic (exact) mass is 390 g/mol. The second-order valence-corrected chi connectivity index (χ2v) is 7.66. The van der Waals surface area contributed by atoms with Crippen molar-refractivity contribution in [2.24, 2.45) is 5.92 Å². The van der Waals surface area contributed by atoms with Crippen LogP contribution in [0.1, 0.15) is 12.8 Å². The number of nitriles is 1. The third kappa shape index (κ3) is 4.67. The minimum atomic E-state index is -0.207. The molecule has 0 aliphatic carbocycles. The number of nitrogens with one attached hydrogen (secondary N) is 1. The minimum absolute atomic E-state index is 0.0162. The van der Waals surface area contributed by atoms with Crippen LogP contribution in [0.2, 0.25) is 0 Å². The van der Waals surface area contributed by atoms with Crippen molar-refractivity contribution in [3.05, 3.63) is 24.3 Å². The molecule has 0 radical (unpaired) electrons. The molecule has 7 nitrogen and oxygen atoms in total. The van der Waals surface area contributed by atoms with E-state index < -0.39 is 0 Å². The van der Waals surface area contributed by atoms with Gasteiger partial charge in [0.05, 0.1) is 12.6 Å². The lowest BCUT2D eigenvalue weighted by atomic mass is 9.94. The molecule has 1 aromatic rings. The van der Waals surface area contributed by atoms with Crippen molar-refractivity contribution in [1.82, 2.24) is 9.80 Å². The van der Waals surface area contributed by atoms with Crippen LogP contribution in [0.25, 0.3) is 0 Å². The van der Waals surface area contributed by atoms with Gasteiger partial charge in [-0.1, -0.05) is 23.9 Å². The number of ether oxygens (including phenoxy) is 2. The molecule has 0 bridgehead atoms. The molecular weight excluding hydrogens is 364 g/mol. The molecule has 2 aliphatic heterocycles. The van der Waals surface area contributed by atoms with Gasteiger partial charge in [-0.3, -0.25) is 15.2 Å². The molecule has 1 saturated heterocycles. The maximum Gasteiger partial charge on any atom is 0.185 e. The molecule has 0 saturated carbocycles. The third-order valence-electron chi connectivity index (χ3n) is 5.26. The molecule has 0 aromatic heterocycles. The van der Waals surface area contributed by atoms with Gasteiger partial charge in [0.2, 0.25) is 0 Å². The maximum absolute atomic E-state index is 9.97. The smallest absolute Gasteiger partial charge is 0.185 e. The van der Waals surface area contributed by atoms with Gasteiger partial charge in [-0.05, 0) is 50.2 Å². The highest BCUT2D eigenvalue weighted by Gasteiger charge is 2.35. The van der Waals surface area contributed by atoms with Gasteiger partial charge in [-0.15, -0.1) is 0 Å². The number of rotatable bonds is 5. The Bertz CT molecular complexity index is 688. The Morgan fingerprint density at radius 2 is 2.11 bits per heavy atom. The summed E-state index contributed by atoms with van der Waals surface area (Å²) in [4.78, 5) is 3.72. The fourth-order valence-electron chi connectivity index (χ4n) is 3.70. The summed E-state index contributed by atoms with van der Waals surface area (Å²) in [6.07, 6.45) is 5.57. The molecule has 8 heteroatoms. The average Bonchev–Trinajstić information content (AvgIpc) is 2.73. The molecule has 2 N–H and O–H groups in total. The van der Waals surface area contributed by atoms with Crippen molar-refractivity contribution in [2.45, 2.75) is 25.0 Å². The van der Waals surface area contributed by atoms with E-state index in [1.165, 1.54) is 16.7 Å². The van der Waals surface area contributed by atoms with Crippen LogP contribution in [0.3, 0.4) is 0 Å². The molecule has 27 heavy (non-hydrogen) atoms. The number of hydrogen-bond donors (Lipinski definition) is 2. The first kappa shape index (κ1) is 19.8. The molecular formula is C19H26N4O3S. The average molecular weight is 391 g/mol. The summed E-state index contributed by atoms with van der Waals surface area (Å²) >= 11 is 1.28. The van der Waals surface area contributed by atoms with Crippen molar-refractivity contribution in [2.75, 3.05) is 39.1 Å². The Kier molecular flexibility index (Phi) is 6.83. The fourth-order valence-corrected chi connectivity index (χ4v) is 4.03. The number of nitrogens with zero attached hydrogens (tertiary/aromatic N) is 3. The van der Waals surface area contributed by atoms with Crippen molar-refractivity contribution >= 4 is 16.9 Å². The van der Waals surface area contributed by atoms with Crippen molar-refractivity contribution < 1.29 is 14.6 Å². The first-order valence-corrected chi connectivity index (χ1v) is 10.4. The Hall–Kier alpha value is -1.95. The molecule has 1 fully saturated rings. The largest absolute Gasteiger partial charge is 0.486 e. The van der Waals surface area contributed by atoms with E-state index in [1.807, 2.05) is 30.5 Å². The Labute approximate surface area is 164 Å². The number of thioether (sulfide) groups is 1. The Morgan fingerprint density at radius 1 is 1.41 bits per heavy atom. The summed E-state index contributed by atoms with van der Waals surface area (Å²) < 4.78 is 11.9. The lowest BCUT2D eigenvalue weighted by molar-refractivity contribution is -0.0214. The van der Waals surface area contributed by atoms with Gasteiger partial charge in [-0.25, -0.2) is 0 Å². The van der Waals surface area contributed by atoms with Crippen LogP contribution in [-0.2, 0) is 0 Å². The number of aliphatic hydroxyl groups is 1. The number of benzene rings is 1. The van der Waals surface area contributed by atoms with Crippen LogP contribution < -0.4 is 9.47 Å². The quantitative estimate of drug-likeness (QED) is 0.344. The zero-order valence-corrected chi connectivity index (χ0v) is 16.3. The van der Waals surface area contributed by atoms with Crippen LogP contribution in [0.5, 0.6) is 11.5 Å². The summed E-state index contributed by atoms with van der Waals surface area (Å²) in [5.41, 5.74) is 0. The van der Waals surface area contributed by atoms with Crippen LogP contribution in [0, 0.1) is 22.8 Å². The predicted molar refractivity (Wildman–Crippen MR) is 105 cm³/mol. The maximum atomic E-state index is 9.97. The Balaban J connectivity index is 1.55. The van der Waals surface area contributed by atoms with Gasteiger partial charge in [-0.2, -0.15) is 5.26 Å². The van der Waals surface area contributed by atoms with Crippen LogP contribution in [-0.4, -0.2) is 71.3 Å². The molecule has 2 heterocycles. The third-order valence-corrected chi connectivity index (χ3v) is 5.87. The standard InChI is InChI=1S/C19H26N4O3S/c1-27-19(21)23(13-20)10-14-6-8-22(9-7-14)15(11-24)18-12-25-16-4-2-3-5-17(16)26-18/h2-5,14-15,18,21,24H,6-12H2,1H3. The highest BCUT2D eigenvalue weighted by atomic mass is 32.2. The highest BCUT2D eigenvalue weighted by Crippen LogP contribution is 2.33. The van der Waals surface area contributed by atoms with E-state index in [0.717, 1.165) is 37.4 Å². The molecule has 2 atom stereocenters. The van der Waals surface area contributed by atoms with Crippen LogP contribution >= 0.6 is 11.8 Å². The number of amidine groups is 1. The predicted octanol–water partition coefficient (Wildman–Crippen LogP) is 1.98. The van der Waals surface area contributed by atoms with Crippen molar-refractivity contribution in [3.8, 4) is 17.7 Å². The van der Waals surface area contributed by atoms with E-state index in [1.54, 1.807) is 0 Å². The van der Waals surface area contributed by atoms with E-state index in [9.17, 15) is 10.4 Å². The molecule has 146 valence electrons. The topological polar surface area (TPSA) is 92.8 Å². The number of fused-ring (bicyclic) bond motifs is 1. The zero-order valence-electron chi connectivity index (χ0n) is 15.5. The van der Waals surface area contributed by atoms with E-state index in [0.29, 0.717) is 24.2 Å².